The van der Waals surface area contributed by atoms with Gasteiger partial charge in [-0.25, -0.2) is 9.18 Å². The van der Waals surface area contributed by atoms with Gasteiger partial charge in [-0.15, -0.1) is 5.10 Å². The molecular formula is C21H19FN4O4S2. The highest BCUT2D eigenvalue weighted by atomic mass is 32.2. The maximum absolute atomic E-state index is 14.9. The first kappa shape index (κ1) is 22.2. The van der Waals surface area contributed by atoms with Gasteiger partial charge in [0, 0.05) is 29.2 Å². The maximum atomic E-state index is 14.9. The molecule has 1 unspecified atom stereocenters. The monoisotopic (exact) mass is 474 g/mol. The number of hydrogen-bond donors (Lipinski definition) is 1. The van der Waals surface area contributed by atoms with Crippen LogP contribution in [-0.2, 0) is 26.5 Å². The molecule has 166 valence electrons. The summed E-state index contributed by atoms with van der Waals surface area (Å²) in [7, 11) is 0. The fourth-order valence-corrected chi connectivity index (χ4v) is 5.03. The van der Waals surface area contributed by atoms with E-state index in [1.807, 2.05) is 0 Å². The van der Waals surface area contributed by atoms with Crippen molar-refractivity contribution in [2.24, 2.45) is 0 Å². The number of cyclic esters (lactones) is 1. The molecule has 0 bridgehead atoms. The molecule has 1 N–H and O–H groups in total. The Kier molecular flexibility index (Phi) is 6.68. The van der Waals surface area contributed by atoms with E-state index in [1.165, 1.54) is 34.7 Å². The van der Waals surface area contributed by atoms with Crippen LogP contribution in [0.4, 0.5) is 14.9 Å². The van der Waals surface area contributed by atoms with Gasteiger partial charge in [-0.05, 0) is 35.1 Å². The summed E-state index contributed by atoms with van der Waals surface area (Å²) in [6, 6.07) is 11.7. The van der Waals surface area contributed by atoms with Gasteiger partial charge in [0.15, 0.2) is 0 Å². The summed E-state index contributed by atoms with van der Waals surface area (Å²) in [6.45, 7) is 1.81. The minimum atomic E-state index is -1.28. The highest BCUT2D eigenvalue weighted by Gasteiger charge is 2.32. The van der Waals surface area contributed by atoms with Gasteiger partial charge in [-0.3, -0.25) is 9.69 Å². The van der Waals surface area contributed by atoms with Crippen molar-refractivity contribution in [2.75, 3.05) is 18.0 Å². The first-order chi connectivity index (χ1) is 15.4. The molecule has 2 heterocycles. The largest absolute Gasteiger partial charge is 0.609 e. The lowest BCUT2D eigenvalue weighted by atomic mass is 10.0. The van der Waals surface area contributed by atoms with Crippen LogP contribution >= 0.6 is 11.3 Å². The summed E-state index contributed by atoms with van der Waals surface area (Å²) in [6.07, 6.45) is -1.08. The molecule has 1 saturated heterocycles. The molecule has 0 radical (unpaired) electrons. The Bertz CT molecular complexity index is 1110. The number of rotatable bonds is 7. The van der Waals surface area contributed by atoms with E-state index >= 15 is 0 Å². The Hall–Kier alpha value is -3.02. The zero-order valence-corrected chi connectivity index (χ0v) is 18.6. The van der Waals surface area contributed by atoms with Gasteiger partial charge in [-0.1, -0.05) is 29.4 Å². The van der Waals surface area contributed by atoms with E-state index in [9.17, 15) is 18.5 Å². The standard InChI is InChI=1S/C21H19FN4O4S2/c1-13(27)23-9-17-10-26(21(28)30-17)16-6-7-18(19(22)8-16)15-4-2-14(3-5-15)11-32(29)20-25-24-12-31-20/h2-8,12,17H,9-11H2,1H3,(H,23,27)/t17-,32?/m0/s1. The first-order valence-electron chi connectivity index (χ1n) is 9.66. The summed E-state index contributed by atoms with van der Waals surface area (Å²) in [5.74, 6) is -0.397. The van der Waals surface area contributed by atoms with Crippen molar-refractivity contribution in [1.82, 2.24) is 15.5 Å². The van der Waals surface area contributed by atoms with E-state index in [0.29, 0.717) is 26.9 Å². The second-order valence-electron chi connectivity index (χ2n) is 7.11. The minimum Gasteiger partial charge on any atom is -0.609 e. The molecule has 1 aromatic heterocycles. The zero-order valence-electron chi connectivity index (χ0n) is 17.0. The van der Waals surface area contributed by atoms with Crippen LogP contribution < -0.4 is 10.2 Å². The molecular weight excluding hydrogens is 455 g/mol. The molecule has 0 saturated carbocycles. The predicted octanol–water partition coefficient (Wildman–Crippen LogP) is 3.11. The zero-order chi connectivity index (χ0) is 22.7. The van der Waals surface area contributed by atoms with Crippen LogP contribution in [0.1, 0.15) is 12.5 Å². The average Bonchev–Trinajstić information content (AvgIpc) is 3.43. The Morgan fingerprint density at radius 2 is 2.12 bits per heavy atom. The fourth-order valence-electron chi connectivity index (χ4n) is 3.26. The van der Waals surface area contributed by atoms with Gasteiger partial charge < -0.3 is 14.6 Å². The minimum absolute atomic E-state index is 0.203. The molecule has 11 heteroatoms. The van der Waals surface area contributed by atoms with Crippen molar-refractivity contribution in [3.8, 4) is 11.1 Å². The predicted molar refractivity (Wildman–Crippen MR) is 118 cm³/mol. The van der Waals surface area contributed by atoms with Gasteiger partial charge in [0.25, 0.3) is 0 Å². The van der Waals surface area contributed by atoms with Crippen molar-refractivity contribution < 1.29 is 23.3 Å². The molecule has 3 aromatic rings. The Labute approximate surface area is 190 Å². The first-order valence-corrected chi connectivity index (χ1v) is 11.9. The highest BCUT2D eigenvalue weighted by molar-refractivity contribution is 7.92. The number of benzene rings is 2. The van der Waals surface area contributed by atoms with Crippen molar-refractivity contribution in [1.29, 1.82) is 0 Å². The number of anilines is 1. The number of carbonyl (C=O) groups is 2. The maximum Gasteiger partial charge on any atom is 0.414 e. The second kappa shape index (κ2) is 9.63. The molecule has 1 aliphatic heterocycles. The second-order valence-corrected chi connectivity index (χ2v) is 9.57. The summed E-state index contributed by atoms with van der Waals surface area (Å²) in [4.78, 5) is 24.5. The summed E-state index contributed by atoms with van der Waals surface area (Å²) >= 11 is -0.0351. The summed E-state index contributed by atoms with van der Waals surface area (Å²) in [5, 5.41) is 10.1. The number of nitrogens with one attached hydrogen (secondary N) is 1. The quantitative estimate of drug-likeness (QED) is 0.527. The molecule has 2 amide bonds. The van der Waals surface area contributed by atoms with Gasteiger partial charge in [-0.2, -0.15) is 0 Å². The van der Waals surface area contributed by atoms with E-state index in [4.69, 9.17) is 4.74 Å². The van der Waals surface area contributed by atoms with Crippen LogP contribution in [0.25, 0.3) is 11.1 Å². The molecule has 4 rings (SSSR count). The van der Waals surface area contributed by atoms with Crippen molar-refractivity contribution in [2.45, 2.75) is 23.1 Å². The summed E-state index contributed by atoms with van der Waals surface area (Å²) in [5.41, 5.74) is 3.79. The number of nitrogens with zero attached hydrogens (tertiary/aromatic N) is 3. The Balaban J connectivity index is 1.44. The number of hydrogen-bond acceptors (Lipinski definition) is 7. The SMILES string of the molecule is CC(=O)NC[C@H]1CN(c2ccc(-c3ccc(C[S+]([O-])c4nncs4)cc3)c(F)c2)C(=O)O1. The van der Waals surface area contributed by atoms with E-state index in [1.54, 1.807) is 36.4 Å². The van der Waals surface area contributed by atoms with Crippen LogP contribution in [0.2, 0.25) is 0 Å². The lowest BCUT2D eigenvalue weighted by Crippen LogP contribution is -2.33. The van der Waals surface area contributed by atoms with E-state index in [0.717, 1.165) is 5.56 Å². The molecule has 0 spiro atoms. The van der Waals surface area contributed by atoms with E-state index in [2.05, 4.69) is 15.5 Å². The number of amides is 2. The van der Waals surface area contributed by atoms with Crippen molar-refractivity contribution in [3.63, 3.8) is 0 Å². The molecule has 0 aliphatic carbocycles. The molecule has 2 atom stereocenters. The van der Waals surface area contributed by atoms with Crippen LogP contribution in [0.15, 0.2) is 52.3 Å². The third-order valence-electron chi connectivity index (χ3n) is 4.81. The molecule has 8 nitrogen and oxygen atoms in total. The van der Waals surface area contributed by atoms with Crippen LogP contribution in [-0.4, -0.2) is 45.9 Å². The van der Waals surface area contributed by atoms with Crippen LogP contribution in [0.5, 0.6) is 0 Å². The van der Waals surface area contributed by atoms with Crippen LogP contribution in [0, 0.1) is 5.82 Å². The number of halogens is 1. The van der Waals surface area contributed by atoms with Crippen LogP contribution in [0.3, 0.4) is 0 Å². The normalized spacial score (nSPS) is 16.7. The number of ether oxygens (including phenoxy) is 1. The number of aromatic nitrogens is 2. The molecule has 32 heavy (non-hydrogen) atoms. The number of carbonyl (C=O) groups excluding carboxylic acids is 2. The molecule has 2 aromatic carbocycles. The lowest BCUT2D eigenvalue weighted by molar-refractivity contribution is -0.119. The van der Waals surface area contributed by atoms with Gasteiger partial charge >= 0.3 is 10.4 Å². The van der Waals surface area contributed by atoms with E-state index < -0.39 is 29.2 Å². The molecule has 1 fully saturated rings. The Morgan fingerprint density at radius 3 is 2.78 bits per heavy atom. The van der Waals surface area contributed by atoms with Gasteiger partial charge in [0.1, 0.15) is 23.2 Å². The average molecular weight is 475 g/mol. The smallest absolute Gasteiger partial charge is 0.414 e. The fraction of sp³-hybridized carbons (Fsp3) is 0.238. The van der Waals surface area contributed by atoms with Gasteiger partial charge in [0.2, 0.25) is 5.91 Å². The third kappa shape index (κ3) is 5.06. The summed E-state index contributed by atoms with van der Waals surface area (Å²) < 4.78 is 32.8. The van der Waals surface area contributed by atoms with Crippen molar-refractivity contribution in [3.05, 3.63) is 59.4 Å². The third-order valence-corrected chi connectivity index (χ3v) is 7.21. The van der Waals surface area contributed by atoms with Crippen molar-refractivity contribution >= 4 is 40.2 Å². The lowest BCUT2D eigenvalue weighted by Gasteiger charge is -2.15. The van der Waals surface area contributed by atoms with Gasteiger partial charge in [0.05, 0.1) is 18.8 Å². The topological polar surface area (TPSA) is 107 Å². The van der Waals surface area contributed by atoms with E-state index in [-0.39, 0.29) is 19.0 Å². The highest BCUT2D eigenvalue weighted by Crippen LogP contribution is 2.29. The Morgan fingerprint density at radius 1 is 1.34 bits per heavy atom. The molecule has 1 aliphatic rings.